The highest BCUT2D eigenvalue weighted by Gasteiger charge is 2.38. The average Bonchev–Trinajstić information content (AvgIpc) is 2.62. The Kier molecular flexibility index (Phi) is 6.79. The van der Waals surface area contributed by atoms with E-state index in [0.29, 0.717) is 5.56 Å². The maximum absolute atomic E-state index is 12.9. The summed E-state index contributed by atoms with van der Waals surface area (Å²) in [4.78, 5) is 12.8. The summed E-state index contributed by atoms with van der Waals surface area (Å²) in [5, 5.41) is 0. The number of amides is 1. The summed E-state index contributed by atoms with van der Waals surface area (Å²) >= 11 is 0. The van der Waals surface area contributed by atoms with Crippen LogP contribution in [0.1, 0.15) is 31.9 Å². The zero-order valence-electron chi connectivity index (χ0n) is 19.1. The molecule has 1 aliphatic rings. The maximum atomic E-state index is 12.9. The van der Waals surface area contributed by atoms with Crippen molar-refractivity contribution in [1.82, 2.24) is 4.90 Å². The number of benzene rings is 2. The van der Waals surface area contributed by atoms with Crippen LogP contribution in [0.15, 0.2) is 52.3 Å². The van der Waals surface area contributed by atoms with Crippen LogP contribution in [0, 0.1) is 13.8 Å². The average molecular weight is 498 g/mol. The topological polar surface area (TPSA) is 116 Å². The van der Waals surface area contributed by atoms with Crippen LogP contribution < -0.4 is 4.18 Å². The van der Waals surface area contributed by atoms with Crippen molar-refractivity contribution >= 4 is 26.3 Å². The molecule has 0 aromatic heterocycles. The van der Waals surface area contributed by atoms with E-state index in [2.05, 4.69) is 0 Å². The predicted octanol–water partition coefficient (Wildman–Crippen LogP) is 3.40. The van der Waals surface area contributed by atoms with Gasteiger partial charge < -0.3 is 13.8 Å². The van der Waals surface area contributed by atoms with E-state index in [1.165, 1.54) is 35.2 Å². The first kappa shape index (κ1) is 25.0. The molecular weight excluding hydrogens is 470 g/mol. The van der Waals surface area contributed by atoms with Gasteiger partial charge in [0.2, 0.25) is 0 Å². The number of carbonyl (C=O) groups excluding carboxylic acids is 1. The second kappa shape index (κ2) is 8.96. The largest absolute Gasteiger partial charge is 0.444 e. The highest BCUT2D eigenvalue weighted by atomic mass is 32.2. The molecule has 2 aromatic rings. The van der Waals surface area contributed by atoms with Gasteiger partial charge in [-0.3, -0.25) is 4.18 Å². The van der Waals surface area contributed by atoms with E-state index < -0.39 is 42.9 Å². The van der Waals surface area contributed by atoms with E-state index in [-0.39, 0.29) is 23.7 Å². The van der Waals surface area contributed by atoms with Crippen LogP contribution in [0.5, 0.6) is 5.75 Å². The van der Waals surface area contributed by atoms with Gasteiger partial charge >= 0.3 is 26.3 Å². The normalized spacial score (nSPS) is 15.1. The van der Waals surface area contributed by atoms with Crippen LogP contribution in [0.3, 0.4) is 0 Å². The minimum absolute atomic E-state index is 0.0257. The molecule has 3 rings (SSSR count). The molecule has 11 heteroatoms. The lowest BCUT2D eigenvalue weighted by atomic mass is 10.2. The Morgan fingerprint density at radius 3 is 2.06 bits per heavy atom. The van der Waals surface area contributed by atoms with E-state index in [1.54, 1.807) is 39.8 Å². The zero-order chi connectivity index (χ0) is 24.6. The molecular formula is C22H27NO8S2. The lowest BCUT2D eigenvalue weighted by molar-refractivity contribution is -0.0206. The molecule has 1 heterocycles. The quantitative estimate of drug-likeness (QED) is 0.558. The van der Waals surface area contributed by atoms with Gasteiger partial charge in [0.05, 0.1) is 13.1 Å². The Morgan fingerprint density at radius 2 is 1.48 bits per heavy atom. The monoisotopic (exact) mass is 497 g/mol. The van der Waals surface area contributed by atoms with Crippen LogP contribution in [-0.4, -0.2) is 52.6 Å². The number of hydrogen-bond acceptors (Lipinski definition) is 8. The predicted molar refractivity (Wildman–Crippen MR) is 120 cm³/mol. The molecule has 1 saturated heterocycles. The summed E-state index contributed by atoms with van der Waals surface area (Å²) in [7, 11) is -8.66. The fraction of sp³-hybridized carbons (Fsp3) is 0.409. The Balaban J connectivity index is 1.77. The third-order valence-corrected chi connectivity index (χ3v) is 7.29. The molecule has 0 saturated carbocycles. The molecule has 1 aliphatic heterocycles. The molecule has 33 heavy (non-hydrogen) atoms. The van der Waals surface area contributed by atoms with Crippen molar-refractivity contribution in [1.29, 1.82) is 0 Å². The zero-order valence-corrected chi connectivity index (χ0v) is 20.7. The van der Waals surface area contributed by atoms with Gasteiger partial charge in [-0.05, 0) is 64.4 Å². The molecule has 1 amide bonds. The lowest BCUT2D eigenvalue weighted by Crippen LogP contribution is -2.56. The molecule has 0 aliphatic carbocycles. The van der Waals surface area contributed by atoms with Crippen molar-refractivity contribution in [3.05, 3.63) is 53.6 Å². The van der Waals surface area contributed by atoms with E-state index in [1.807, 2.05) is 6.92 Å². The molecule has 0 N–H and O–H groups in total. The highest BCUT2D eigenvalue weighted by molar-refractivity contribution is 7.87. The molecule has 0 atom stereocenters. The van der Waals surface area contributed by atoms with Crippen LogP contribution in [-0.2, 0) is 29.2 Å². The minimum atomic E-state index is -4.38. The maximum Gasteiger partial charge on any atom is 0.410 e. The highest BCUT2D eigenvalue weighted by Crippen LogP contribution is 2.31. The van der Waals surface area contributed by atoms with Crippen molar-refractivity contribution in [2.75, 3.05) is 13.1 Å². The SMILES string of the molecule is Cc1ccc(S(=O)(=O)Oc2cc(C)ccc2S(=O)(=O)OC2CN(C(=O)OC(C)(C)C)C2)cc1. The fourth-order valence-electron chi connectivity index (χ4n) is 2.96. The molecule has 0 bridgehead atoms. The fourth-order valence-corrected chi connectivity index (χ4v) is 5.12. The number of carbonyl (C=O) groups is 1. The van der Waals surface area contributed by atoms with Crippen molar-refractivity contribution in [3.63, 3.8) is 0 Å². The molecule has 180 valence electrons. The van der Waals surface area contributed by atoms with Gasteiger partial charge in [-0.25, -0.2) is 4.79 Å². The van der Waals surface area contributed by atoms with Crippen molar-refractivity contribution in [3.8, 4) is 5.75 Å². The molecule has 2 aromatic carbocycles. The second-order valence-corrected chi connectivity index (χ2v) is 11.9. The van der Waals surface area contributed by atoms with E-state index in [0.717, 1.165) is 5.56 Å². The number of nitrogens with zero attached hydrogens (tertiary/aromatic N) is 1. The summed E-state index contributed by atoms with van der Waals surface area (Å²) in [6.07, 6.45) is -1.35. The smallest absolute Gasteiger partial charge is 0.410 e. The second-order valence-electron chi connectivity index (χ2n) is 8.86. The number of hydrogen-bond donors (Lipinski definition) is 0. The summed E-state index contributed by atoms with van der Waals surface area (Å²) < 4.78 is 66.9. The van der Waals surface area contributed by atoms with Gasteiger partial charge in [0, 0.05) is 0 Å². The van der Waals surface area contributed by atoms with Crippen LogP contribution in [0.25, 0.3) is 0 Å². The van der Waals surface area contributed by atoms with Gasteiger partial charge in [-0.1, -0.05) is 23.8 Å². The number of rotatable bonds is 6. The van der Waals surface area contributed by atoms with Crippen LogP contribution in [0.2, 0.25) is 0 Å². The first-order valence-electron chi connectivity index (χ1n) is 10.2. The van der Waals surface area contributed by atoms with Crippen LogP contribution in [0.4, 0.5) is 4.79 Å². The first-order chi connectivity index (χ1) is 15.2. The molecule has 0 spiro atoms. The number of aryl methyl sites for hydroxylation is 2. The third-order valence-electron chi connectivity index (χ3n) is 4.64. The molecule has 1 fully saturated rings. The van der Waals surface area contributed by atoms with Crippen LogP contribution >= 0.6 is 0 Å². The summed E-state index contributed by atoms with van der Waals surface area (Å²) in [6, 6.07) is 10.0. The van der Waals surface area contributed by atoms with E-state index in [4.69, 9.17) is 13.1 Å². The van der Waals surface area contributed by atoms with Crippen molar-refractivity contribution in [2.24, 2.45) is 0 Å². The molecule has 0 unspecified atom stereocenters. The van der Waals surface area contributed by atoms with Crippen molar-refractivity contribution in [2.45, 2.75) is 56.1 Å². The van der Waals surface area contributed by atoms with E-state index in [9.17, 15) is 21.6 Å². The first-order valence-corrected chi connectivity index (χ1v) is 13.0. The Hall–Kier alpha value is -2.63. The summed E-state index contributed by atoms with van der Waals surface area (Å²) in [5.41, 5.74) is 0.788. The third kappa shape index (κ3) is 6.24. The minimum Gasteiger partial charge on any atom is -0.444 e. The summed E-state index contributed by atoms with van der Waals surface area (Å²) in [6.45, 7) is 8.72. The van der Waals surface area contributed by atoms with Gasteiger partial charge in [0.25, 0.3) is 0 Å². The number of likely N-dealkylation sites (tertiary alicyclic amines) is 1. The van der Waals surface area contributed by atoms with Crippen molar-refractivity contribution < 1.29 is 34.7 Å². The summed E-state index contributed by atoms with van der Waals surface area (Å²) in [5.74, 6) is -0.362. The lowest BCUT2D eigenvalue weighted by Gasteiger charge is -2.38. The van der Waals surface area contributed by atoms with Gasteiger partial charge in [0.15, 0.2) is 5.75 Å². The Labute approximate surface area is 194 Å². The Bertz CT molecular complexity index is 1240. The standard InChI is InChI=1S/C22H27NO8S2/c1-15-6-9-18(10-7-15)32(25,26)31-19-12-16(2)8-11-20(19)33(27,28)30-17-13-23(14-17)21(24)29-22(3,4)5/h6-12,17H,13-14H2,1-5H3. The van der Waals surface area contributed by atoms with E-state index >= 15 is 0 Å². The Morgan fingerprint density at radius 1 is 0.909 bits per heavy atom. The number of ether oxygens (including phenoxy) is 1. The van der Waals surface area contributed by atoms with Gasteiger partial charge in [0.1, 0.15) is 21.5 Å². The molecule has 0 radical (unpaired) electrons. The van der Waals surface area contributed by atoms with Gasteiger partial charge in [-0.15, -0.1) is 0 Å². The van der Waals surface area contributed by atoms with Gasteiger partial charge in [-0.2, -0.15) is 16.8 Å². The molecule has 9 nitrogen and oxygen atoms in total.